The van der Waals surface area contributed by atoms with E-state index in [1.807, 2.05) is 0 Å². The van der Waals surface area contributed by atoms with Gasteiger partial charge in [0.2, 0.25) is 0 Å². The van der Waals surface area contributed by atoms with Crippen molar-refractivity contribution in [1.82, 2.24) is 10.2 Å². The van der Waals surface area contributed by atoms with Crippen LogP contribution < -0.4 is 5.32 Å². The van der Waals surface area contributed by atoms with Crippen molar-refractivity contribution in [1.29, 1.82) is 0 Å². The van der Waals surface area contributed by atoms with E-state index in [9.17, 15) is 0 Å². The van der Waals surface area contributed by atoms with E-state index in [2.05, 4.69) is 33.7 Å². The van der Waals surface area contributed by atoms with Crippen LogP contribution in [0.3, 0.4) is 0 Å². The molecule has 0 aromatic heterocycles. The van der Waals surface area contributed by atoms with Gasteiger partial charge in [-0.1, -0.05) is 0 Å². The van der Waals surface area contributed by atoms with Gasteiger partial charge in [-0.25, -0.2) is 0 Å². The summed E-state index contributed by atoms with van der Waals surface area (Å²) in [5, 5.41) is 3.60. The molecule has 76 valence electrons. The van der Waals surface area contributed by atoms with E-state index in [0.29, 0.717) is 0 Å². The van der Waals surface area contributed by atoms with Crippen molar-refractivity contribution in [2.45, 2.75) is 6.04 Å². The van der Waals surface area contributed by atoms with E-state index < -0.39 is 0 Å². The SMILES string of the molecule is C1CSCC(CN2CCSCC2)N1. The molecule has 1 atom stereocenters. The molecule has 2 fully saturated rings. The molecule has 0 radical (unpaired) electrons. The van der Waals surface area contributed by atoms with E-state index in [-0.39, 0.29) is 0 Å². The summed E-state index contributed by atoms with van der Waals surface area (Å²) in [6.07, 6.45) is 0. The van der Waals surface area contributed by atoms with Crippen LogP contribution in [0.1, 0.15) is 0 Å². The summed E-state index contributed by atoms with van der Waals surface area (Å²) in [6.45, 7) is 5.08. The molecule has 2 heterocycles. The third-order valence-corrected chi connectivity index (χ3v) is 4.65. The van der Waals surface area contributed by atoms with E-state index >= 15 is 0 Å². The Hall–Kier alpha value is 0.620. The van der Waals surface area contributed by atoms with Gasteiger partial charge >= 0.3 is 0 Å². The first-order valence-corrected chi connectivity index (χ1v) is 7.37. The Labute approximate surface area is 89.2 Å². The van der Waals surface area contributed by atoms with Crippen LogP contribution in [0, 0.1) is 0 Å². The number of nitrogens with zero attached hydrogens (tertiary/aromatic N) is 1. The molecule has 2 aliphatic heterocycles. The molecule has 0 aromatic carbocycles. The van der Waals surface area contributed by atoms with Gasteiger partial charge in [0.1, 0.15) is 0 Å². The van der Waals surface area contributed by atoms with E-state index in [1.54, 1.807) is 0 Å². The molecular formula is C9H18N2S2. The Bertz CT molecular complexity index is 127. The molecule has 1 N–H and O–H groups in total. The summed E-state index contributed by atoms with van der Waals surface area (Å²) < 4.78 is 0. The molecule has 4 heteroatoms. The maximum absolute atomic E-state index is 3.60. The first-order chi connectivity index (χ1) is 6.45. The monoisotopic (exact) mass is 218 g/mol. The van der Waals surface area contributed by atoms with Crippen LogP contribution >= 0.6 is 23.5 Å². The summed E-state index contributed by atoms with van der Waals surface area (Å²) in [6, 6.07) is 0.752. The number of nitrogens with one attached hydrogen (secondary N) is 1. The van der Waals surface area contributed by atoms with E-state index in [0.717, 1.165) is 6.04 Å². The maximum atomic E-state index is 3.60. The average molecular weight is 218 g/mol. The second-order valence-corrected chi connectivity index (χ2v) is 6.01. The second-order valence-electron chi connectivity index (χ2n) is 3.64. The topological polar surface area (TPSA) is 15.3 Å². The van der Waals surface area contributed by atoms with Crippen molar-refractivity contribution in [2.75, 3.05) is 49.2 Å². The van der Waals surface area contributed by atoms with Gasteiger partial charge in [0.15, 0.2) is 0 Å². The third-order valence-electron chi connectivity index (χ3n) is 2.58. The zero-order chi connectivity index (χ0) is 8.93. The molecule has 1 unspecified atom stereocenters. The van der Waals surface area contributed by atoms with Crippen LogP contribution in [0.2, 0.25) is 0 Å². The van der Waals surface area contributed by atoms with Crippen LogP contribution in [-0.2, 0) is 0 Å². The minimum atomic E-state index is 0.752. The fraction of sp³-hybridized carbons (Fsp3) is 1.00. The van der Waals surface area contributed by atoms with Gasteiger partial charge < -0.3 is 10.2 Å². The molecule has 13 heavy (non-hydrogen) atoms. The zero-order valence-electron chi connectivity index (χ0n) is 8.00. The van der Waals surface area contributed by atoms with Crippen LogP contribution in [-0.4, -0.2) is 60.1 Å². The molecule has 0 bridgehead atoms. The highest BCUT2D eigenvalue weighted by molar-refractivity contribution is 7.99. The lowest BCUT2D eigenvalue weighted by atomic mass is 10.3. The zero-order valence-corrected chi connectivity index (χ0v) is 9.63. The molecule has 2 nitrogen and oxygen atoms in total. The smallest absolute Gasteiger partial charge is 0.0285 e. The number of hydrogen-bond acceptors (Lipinski definition) is 4. The highest BCUT2D eigenvalue weighted by Gasteiger charge is 2.18. The lowest BCUT2D eigenvalue weighted by Crippen LogP contribution is -2.47. The highest BCUT2D eigenvalue weighted by Crippen LogP contribution is 2.12. The van der Waals surface area contributed by atoms with E-state index in [1.165, 1.54) is 49.2 Å². The van der Waals surface area contributed by atoms with Crippen LogP contribution in [0.4, 0.5) is 0 Å². The third kappa shape index (κ3) is 3.35. The van der Waals surface area contributed by atoms with Gasteiger partial charge in [0.25, 0.3) is 0 Å². The Balaban J connectivity index is 1.69. The van der Waals surface area contributed by atoms with Crippen LogP contribution in [0.5, 0.6) is 0 Å². The fourth-order valence-corrected chi connectivity index (χ4v) is 3.75. The summed E-state index contributed by atoms with van der Waals surface area (Å²) in [4.78, 5) is 2.61. The lowest BCUT2D eigenvalue weighted by molar-refractivity contribution is 0.272. The summed E-state index contributed by atoms with van der Waals surface area (Å²) >= 11 is 4.19. The van der Waals surface area contributed by atoms with Crippen molar-refractivity contribution < 1.29 is 0 Å². The Morgan fingerprint density at radius 3 is 2.69 bits per heavy atom. The predicted octanol–water partition coefficient (Wildman–Crippen LogP) is 0.740. The van der Waals surface area contributed by atoms with Gasteiger partial charge in [0.05, 0.1) is 0 Å². The number of thioether (sulfide) groups is 2. The number of rotatable bonds is 2. The minimum absolute atomic E-state index is 0.752. The normalized spacial score (nSPS) is 31.8. The van der Waals surface area contributed by atoms with Crippen LogP contribution in [0.15, 0.2) is 0 Å². The van der Waals surface area contributed by atoms with E-state index in [4.69, 9.17) is 0 Å². The van der Waals surface area contributed by atoms with Gasteiger partial charge in [-0.05, 0) is 0 Å². The maximum Gasteiger partial charge on any atom is 0.0285 e. The quantitative estimate of drug-likeness (QED) is 0.735. The average Bonchev–Trinajstić information content (AvgIpc) is 2.21. The Kier molecular flexibility index (Phi) is 4.28. The summed E-state index contributed by atoms with van der Waals surface area (Å²) in [5.41, 5.74) is 0. The second kappa shape index (κ2) is 5.49. The Morgan fingerprint density at radius 2 is 2.00 bits per heavy atom. The molecule has 0 amide bonds. The molecule has 2 saturated heterocycles. The van der Waals surface area contributed by atoms with Gasteiger partial charge in [0, 0.05) is 55.2 Å². The standard InChI is InChI=1S/C9H18N2S2/c1-4-13-8-9(10-1)7-11-2-5-12-6-3-11/h9-10H,1-8H2. The van der Waals surface area contributed by atoms with Crippen molar-refractivity contribution in [3.8, 4) is 0 Å². The predicted molar refractivity (Wildman–Crippen MR) is 62.9 cm³/mol. The molecule has 0 aliphatic carbocycles. The van der Waals surface area contributed by atoms with Crippen molar-refractivity contribution >= 4 is 23.5 Å². The largest absolute Gasteiger partial charge is 0.311 e. The summed E-state index contributed by atoms with van der Waals surface area (Å²) in [7, 11) is 0. The molecule has 0 spiro atoms. The van der Waals surface area contributed by atoms with Crippen LogP contribution in [0.25, 0.3) is 0 Å². The Morgan fingerprint density at radius 1 is 1.15 bits per heavy atom. The first kappa shape index (κ1) is 10.1. The van der Waals surface area contributed by atoms with Crippen molar-refractivity contribution in [2.24, 2.45) is 0 Å². The molecular weight excluding hydrogens is 200 g/mol. The van der Waals surface area contributed by atoms with Crippen molar-refractivity contribution in [3.05, 3.63) is 0 Å². The highest BCUT2D eigenvalue weighted by atomic mass is 32.2. The lowest BCUT2D eigenvalue weighted by Gasteiger charge is -2.32. The fourth-order valence-electron chi connectivity index (χ4n) is 1.83. The van der Waals surface area contributed by atoms with Gasteiger partial charge in [-0.15, -0.1) is 0 Å². The molecule has 0 aromatic rings. The van der Waals surface area contributed by atoms with Gasteiger partial charge in [-0.3, -0.25) is 0 Å². The minimum Gasteiger partial charge on any atom is -0.311 e. The number of hydrogen-bond donors (Lipinski definition) is 1. The molecule has 2 rings (SSSR count). The first-order valence-electron chi connectivity index (χ1n) is 5.06. The van der Waals surface area contributed by atoms with Gasteiger partial charge in [-0.2, -0.15) is 23.5 Å². The van der Waals surface area contributed by atoms with Crippen molar-refractivity contribution in [3.63, 3.8) is 0 Å². The summed E-state index contributed by atoms with van der Waals surface area (Å²) in [5.74, 6) is 5.27. The molecule has 0 saturated carbocycles. The molecule has 2 aliphatic rings.